The molecule has 0 radical (unpaired) electrons. The van der Waals surface area contributed by atoms with Crippen LogP contribution in [0.15, 0.2) is 23.2 Å². The molecule has 1 aromatic rings. The fraction of sp³-hybridized carbons (Fsp3) is 0.636. The first-order valence-corrected chi connectivity index (χ1v) is 10.9. The molecule has 1 saturated carbocycles. The summed E-state index contributed by atoms with van der Waals surface area (Å²) in [5.74, 6) is 3.07. The number of aliphatic imine (C=N–C) groups is 1. The molecule has 2 aliphatic heterocycles. The van der Waals surface area contributed by atoms with Crippen LogP contribution in [-0.4, -0.2) is 55.8 Å². The highest BCUT2D eigenvalue weighted by Crippen LogP contribution is 2.32. The first-order chi connectivity index (χ1) is 14.2. The molecule has 0 aromatic heterocycles. The molecule has 2 fully saturated rings. The van der Waals surface area contributed by atoms with E-state index in [4.69, 9.17) is 14.5 Å². The summed E-state index contributed by atoms with van der Waals surface area (Å²) in [6, 6.07) is 6.32. The lowest BCUT2D eigenvalue weighted by Crippen LogP contribution is -2.45. The average Bonchev–Trinajstić information content (AvgIpc) is 3.48. The number of carbonyl (C=O) groups excluding carboxylic acids is 1. The Balaban J connectivity index is 0.00000256. The number of halogens is 1. The number of fused-ring (bicyclic) bond motifs is 1. The highest BCUT2D eigenvalue weighted by atomic mass is 127. The van der Waals surface area contributed by atoms with Gasteiger partial charge >= 0.3 is 0 Å². The zero-order valence-corrected chi connectivity index (χ0v) is 20.0. The summed E-state index contributed by atoms with van der Waals surface area (Å²) < 4.78 is 10.8. The summed E-state index contributed by atoms with van der Waals surface area (Å²) in [5.41, 5.74) is 1.18. The predicted octanol–water partition coefficient (Wildman–Crippen LogP) is 2.92. The van der Waals surface area contributed by atoms with Crippen LogP contribution < -0.4 is 20.1 Å². The van der Waals surface area contributed by atoms with Crippen LogP contribution in [0.25, 0.3) is 0 Å². The highest BCUT2D eigenvalue weighted by Gasteiger charge is 2.32. The lowest BCUT2D eigenvalue weighted by molar-refractivity contribution is -0.134. The number of rotatable bonds is 6. The minimum atomic E-state index is 0. The molecule has 1 aliphatic carbocycles. The molecule has 7 nitrogen and oxygen atoms in total. The predicted molar refractivity (Wildman–Crippen MR) is 128 cm³/mol. The normalized spacial score (nSPS) is 20.9. The Bertz CT molecular complexity index is 752. The number of hydrogen-bond donors (Lipinski definition) is 2. The third kappa shape index (κ3) is 5.70. The number of carbonyl (C=O) groups is 1. The second kappa shape index (κ2) is 11.1. The van der Waals surface area contributed by atoms with Gasteiger partial charge in [-0.15, -0.1) is 24.0 Å². The Morgan fingerprint density at radius 2 is 2.00 bits per heavy atom. The Morgan fingerprint density at radius 1 is 1.20 bits per heavy atom. The van der Waals surface area contributed by atoms with Crippen molar-refractivity contribution < 1.29 is 14.3 Å². The van der Waals surface area contributed by atoms with Gasteiger partial charge in [0.1, 0.15) is 0 Å². The third-order valence-corrected chi connectivity index (χ3v) is 6.00. The fourth-order valence-corrected chi connectivity index (χ4v) is 4.42. The number of guanidine groups is 1. The van der Waals surface area contributed by atoms with Gasteiger partial charge in [0.15, 0.2) is 17.5 Å². The molecule has 166 valence electrons. The van der Waals surface area contributed by atoms with Crippen LogP contribution in [0.3, 0.4) is 0 Å². The van der Waals surface area contributed by atoms with Crippen molar-refractivity contribution in [1.82, 2.24) is 15.5 Å². The van der Waals surface area contributed by atoms with Gasteiger partial charge in [0.05, 0.1) is 0 Å². The van der Waals surface area contributed by atoms with Crippen LogP contribution in [0.4, 0.5) is 0 Å². The summed E-state index contributed by atoms with van der Waals surface area (Å²) in [4.78, 5) is 19.4. The van der Waals surface area contributed by atoms with Gasteiger partial charge in [-0.1, -0.05) is 18.9 Å². The van der Waals surface area contributed by atoms with Crippen LogP contribution in [0.5, 0.6) is 11.5 Å². The highest BCUT2D eigenvalue weighted by molar-refractivity contribution is 14.0. The summed E-state index contributed by atoms with van der Waals surface area (Å²) in [7, 11) is 0. The van der Waals surface area contributed by atoms with Crippen LogP contribution in [-0.2, 0) is 11.2 Å². The van der Waals surface area contributed by atoms with E-state index >= 15 is 0 Å². The van der Waals surface area contributed by atoms with Crippen molar-refractivity contribution in [3.05, 3.63) is 23.8 Å². The molecule has 0 bridgehead atoms. The van der Waals surface area contributed by atoms with Gasteiger partial charge in [-0.05, 0) is 50.3 Å². The molecule has 1 atom stereocenters. The average molecular weight is 528 g/mol. The number of nitrogens with one attached hydrogen (secondary N) is 2. The number of ether oxygens (including phenoxy) is 2. The molecule has 30 heavy (non-hydrogen) atoms. The molecule has 1 saturated heterocycles. The van der Waals surface area contributed by atoms with Crippen molar-refractivity contribution in [1.29, 1.82) is 0 Å². The molecule has 1 unspecified atom stereocenters. The SMILES string of the molecule is CCNC(=NCCc1ccc2c(c1)OCO2)NC1CCN(C(=O)C2CCCC2)C1.I. The summed E-state index contributed by atoms with van der Waals surface area (Å²) in [5, 5.41) is 6.85. The van der Waals surface area contributed by atoms with Gasteiger partial charge in [-0.25, -0.2) is 0 Å². The molecular formula is C22H33IN4O3. The van der Waals surface area contributed by atoms with Crippen molar-refractivity contribution in [2.45, 2.75) is 51.5 Å². The van der Waals surface area contributed by atoms with E-state index in [0.29, 0.717) is 19.2 Å². The van der Waals surface area contributed by atoms with E-state index in [0.717, 1.165) is 62.8 Å². The van der Waals surface area contributed by atoms with Crippen molar-refractivity contribution in [3.63, 3.8) is 0 Å². The first kappa shape index (κ1) is 23.0. The molecule has 8 heteroatoms. The minimum absolute atomic E-state index is 0. The van der Waals surface area contributed by atoms with E-state index in [1.165, 1.54) is 18.4 Å². The Morgan fingerprint density at radius 3 is 2.80 bits per heavy atom. The van der Waals surface area contributed by atoms with Gasteiger partial charge < -0.3 is 25.0 Å². The van der Waals surface area contributed by atoms with E-state index in [2.05, 4.69) is 23.6 Å². The lowest BCUT2D eigenvalue weighted by Gasteiger charge is -2.21. The van der Waals surface area contributed by atoms with Gasteiger partial charge in [0.2, 0.25) is 12.7 Å². The van der Waals surface area contributed by atoms with E-state index in [1.807, 2.05) is 17.0 Å². The Kier molecular flexibility index (Phi) is 8.47. The first-order valence-electron chi connectivity index (χ1n) is 10.9. The molecule has 2 heterocycles. The summed E-state index contributed by atoms with van der Waals surface area (Å²) in [6.45, 7) is 5.50. The van der Waals surface area contributed by atoms with E-state index in [9.17, 15) is 4.79 Å². The number of benzene rings is 1. The van der Waals surface area contributed by atoms with Crippen molar-refractivity contribution in [2.24, 2.45) is 10.9 Å². The van der Waals surface area contributed by atoms with Gasteiger partial charge in [-0.2, -0.15) is 0 Å². The molecule has 3 aliphatic rings. The quantitative estimate of drug-likeness (QED) is 0.338. The van der Waals surface area contributed by atoms with Crippen LogP contribution >= 0.6 is 24.0 Å². The second-order valence-electron chi connectivity index (χ2n) is 8.09. The van der Waals surface area contributed by atoms with Gasteiger partial charge in [0, 0.05) is 38.1 Å². The maximum Gasteiger partial charge on any atom is 0.231 e. The van der Waals surface area contributed by atoms with E-state index in [1.54, 1.807) is 0 Å². The molecule has 2 N–H and O–H groups in total. The standard InChI is InChI=1S/C22H32N4O3.HI/c1-2-23-22(24-11-9-16-7-8-19-20(13-16)29-15-28-19)25-18-10-12-26(14-18)21(27)17-5-3-4-6-17;/h7-8,13,17-18H,2-6,9-12,14-15H2,1H3,(H2,23,24,25);1H. The zero-order chi connectivity index (χ0) is 20.1. The van der Waals surface area contributed by atoms with Crippen molar-refractivity contribution in [2.75, 3.05) is 33.0 Å². The van der Waals surface area contributed by atoms with E-state index < -0.39 is 0 Å². The van der Waals surface area contributed by atoms with Crippen LogP contribution in [0, 0.1) is 5.92 Å². The largest absolute Gasteiger partial charge is 0.454 e. The molecular weight excluding hydrogens is 495 g/mol. The van der Waals surface area contributed by atoms with Crippen molar-refractivity contribution >= 4 is 35.8 Å². The summed E-state index contributed by atoms with van der Waals surface area (Å²) in [6.07, 6.45) is 6.35. The molecule has 0 spiro atoms. The monoisotopic (exact) mass is 528 g/mol. The zero-order valence-electron chi connectivity index (χ0n) is 17.7. The van der Waals surface area contributed by atoms with Gasteiger partial charge in [-0.3, -0.25) is 9.79 Å². The molecule has 1 aromatic carbocycles. The number of nitrogens with zero attached hydrogens (tertiary/aromatic N) is 2. The van der Waals surface area contributed by atoms with Crippen molar-refractivity contribution in [3.8, 4) is 11.5 Å². The Labute approximate surface area is 196 Å². The second-order valence-corrected chi connectivity index (χ2v) is 8.09. The fourth-order valence-electron chi connectivity index (χ4n) is 4.42. The Hall–Kier alpha value is -1.71. The number of amides is 1. The van der Waals surface area contributed by atoms with Gasteiger partial charge in [0.25, 0.3) is 0 Å². The van der Waals surface area contributed by atoms with Crippen LogP contribution in [0.1, 0.15) is 44.6 Å². The maximum atomic E-state index is 12.6. The van der Waals surface area contributed by atoms with E-state index in [-0.39, 0.29) is 35.9 Å². The number of hydrogen-bond acceptors (Lipinski definition) is 4. The maximum absolute atomic E-state index is 12.6. The smallest absolute Gasteiger partial charge is 0.231 e. The molecule has 4 rings (SSSR count). The third-order valence-electron chi connectivity index (χ3n) is 6.00. The lowest BCUT2D eigenvalue weighted by atomic mass is 10.1. The minimum Gasteiger partial charge on any atom is -0.454 e. The molecule has 1 amide bonds. The van der Waals surface area contributed by atoms with Crippen LogP contribution in [0.2, 0.25) is 0 Å². The summed E-state index contributed by atoms with van der Waals surface area (Å²) >= 11 is 0. The topological polar surface area (TPSA) is 75.2 Å². The number of likely N-dealkylation sites (tertiary alicyclic amines) is 1.